The van der Waals surface area contributed by atoms with E-state index in [2.05, 4.69) is 9.98 Å². The predicted octanol–water partition coefficient (Wildman–Crippen LogP) is 3.65. The number of carbonyl (C=O) groups excluding carboxylic acids is 1. The summed E-state index contributed by atoms with van der Waals surface area (Å²) in [7, 11) is 3.94. The monoisotopic (exact) mass is 500 g/mol. The van der Waals surface area contributed by atoms with Gasteiger partial charge in [0.1, 0.15) is 0 Å². The smallest absolute Gasteiger partial charge is 0.338 e. The SMILES string of the molecule is CCOC(=O)C1=C(C)N=c2sc(=Cc3c(C)[nH]c4ccccc34)c(=O)n2[C@@H]1c1ccc(N(C)C)cc1. The van der Waals surface area contributed by atoms with Crippen LogP contribution in [0, 0.1) is 6.92 Å². The van der Waals surface area contributed by atoms with Gasteiger partial charge in [-0.3, -0.25) is 9.36 Å². The third-order valence-corrected chi connectivity index (χ3v) is 7.44. The Labute approximate surface area is 212 Å². The van der Waals surface area contributed by atoms with Gasteiger partial charge in [-0.15, -0.1) is 0 Å². The van der Waals surface area contributed by atoms with Crippen LogP contribution in [-0.4, -0.2) is 36.2 Å². The molecule has 184 valence electrons. The van der Waals surface area contributed by atoms with Crippen molar-refractivity contribution in [1.29, 1.82) is 0 Å². The summed E-state index contributed by atoms with van der Waals surface area (Å²) >= 11 is 1.33. The van der Waals surface area contributed by atoms with Crippen molar-refractivity contribution in [2.45, 2.75) is 26.8 Å². The van der Waals surface area contributed by atoms with Gasteiger partial charge in [-0.1, -0.05) is 41.7 Å². The Morgan fingerprint density at radius 3 is 2.58 bits per heavy atom. The first-order chi connectivity index (χ1) is 17.3. The van der Waals surface area contributed by atoms with Crippen LogP contribution in [0.2, 0.25) is 0 Å². The van der Waals surface area contributed by atoms with Gasteiger partial charge in [-0.2, -0.15) is 0 Å². The van der Waals surface area contributed by atoms with E-state index in [-0.39, 0.29) is 12.2 Å². The molecule has 0 saturated carbocycles. The zero-order valence-corrected chi connectivity index (χ0v) is 21.8. The van der Waals surface area contributed by atoms with Gasteiger partial charge in [0.05, 0.1) is 28.5 Å². The number of rotatable bonds is 5. The summed E-state index contributed by atoms with van der Waals surface area (Å²) in [6, 6.07) is 15.3. The van der Waals surface area contributed by atoms with Crippen molar-refractivity contribution in [3.8, 4) is 0 Å². The minimum absolute atomic E-state index is 0.181. The molecule has 4 aromatic rings. The van der Waals surface area contributed by atoms with Crippen LogP contribution in [0.1, 0.15) is 36.7 Å². The number of hydrogen-bond donors (Lipinski definition) is 1. The molecular formula is C28H28N4O3S. The van der Waals surface area contributed by atoms with E-state index in [4.69, 9.17) is 4.74 Å². The van der Waals surface area contributed by atoms with Gasteiger partial charge < -0.3 is 14.6 Å². The van der Waals surface area contributed by atoms with Crippen LogP contribution in [0.15, 0.2) is 69.6 Å². The Bertz CT molecular complexity index is 1690. The summed E-state index contributed by atoms with van der Waals surface area (Å²) in [5, 5.41) is 1.06. The van der Waals surface area contributed by atoms with Gasteiger partial charge in [0.2, 0.25) is 0 Å². The number of allylic oxidation sites excluding steroid dienone is 1. The van der Waals surface area contributed by atoms with E-state index in [1.807, 2.05) is 80.5 Å². The molecular weight excluding hydrogens is 472 g/mol. The lowest BCUT2D eigenvalue weighted by molar-refractivity contribution is -0.139. The first-order valence-electron chi connectivity index (χ1n) is 11.8. The summed E-state index contributed by atoms with van der Waals surface area (Å²) in [5.74, 6) is -0.456. The van der Waals surface area contributed by atoms with Crippen molar-refractivity contribution in [1.82, 2.24) is 9.55 Å². The van der Waals surface area contributed by atoms with E-state index in [1.165, 1.54) is 11.3 Å². The van der Waals surface area contributed by atoms with E-state index in [0.717, 1.165) is 33.4 Å². The highest BCUT2D eigenvalue weighted by atomic mass is 32.1. The fraction of sp³-hybridized carbons (Fsp3) is 0.250. The minimum atomic E-state index is -0.622. The Balaban J connectivity index is 1.74. The average Bonchev–Trinajstić information content (AvgIpc) is 3.34. The first kappa shape index (κ1) is 23.8. The summed E-state index contributed by atoms with van der Waals surface area (Å²) in [5.41, 5.74) is 5.61. The van der Waals surface area contributed by atoms with E-state index in [1.54, 1.807) is 18.4 Å². The molecule has 36 heavy (non-hydrogen) atoms. The molecule has 0 bridgehead atoms. The number of esters is 1. The van der Waals surface area contributed by atoms with Crippen molar-refractivity contribution >= 4 is 40.0 Å². The van der Waals surface area contributed by atoms with Crippen molar-refractivity contribution in [3.63, 3.8) is 0 Å². The fourth-order valence-electron chi connectivity index (χ4n) is 4.68. The van der Waals surface area contributed by atoms with Crippen molar-refractivity contribution in [3.05, 3.63) is 96.3 Å². The highest BCUT2D eigenvalue weighted by Gasteiger charge is 2.33. The third-order valence-electron chi connectivity index (χ3n) is 6.46. The average molecular weight is 501 g/mol. The summed E-state index contributed by atoms with van der Waals surface area (Å²) < 4.78 is 7.58. The predicted molar refractivity (Wildman–Crippen MR) is 144 cm³/mol. The number of aryl methyl sites for hydroxylation is 1. The number of benzene rings is 2. The molecule has 1 atom stereocenters. The van der Waals surface area contributed by atoms with Gasteiger partial charge in [-0.25, -0.2) is 9.79 Å². The lowest BCUT2D eigenvalue weighted by Gasteiger charge is -2.25. The highest BCUT2D eigenvalue weighted by Crippen LogP contribution is 2.31. The van der Waals surface area contributed by atoms with Crippen molar-refractivity contribution < 1.29 is 9.53 Å². The maximum atomic E-state index is 13.9. The van der Waals surface area contributed by atoms with Crippen LogP contribution >= 0.6 is 11.3 Å². The molecule has 0 saturated heterocycles. The maximum Gasteiger partial charge on any atom is 0.338 e. The van der Waals surface area contributed by atoms with Crippen LogP contribution in [0.4, 0.5) is 5.69 Å². The Morgan fingerprint density at radius 2 is 1.89 bits per heavy atom. The summed E-state index contributed by atoms with van der Waals surface area (Å²) in [6.07, 6.45) is 1.92. The molecule has 1 aliphatic rings. The van der Waals surface area contributed by atoms with Crippen LogP contribution < -0.4 is 19.8 Å². The number of thiazole rings is 1. The molecule has 0 radical (unpaired) electrons. The number of aromatic nitrogens is 2. The quantitative estimate of drug-likeness (QED) is 0.424. The van der Waals surface area contributed by atoms with E-state index >= 15 is 0 Å². The zero-order chi connectivity index (χ0) is 25.6. The molecule has 7 nitrogen and oxygen atoms in total. The Kier molecular flexibility index (Phi) is 6.14. The highest BCUT2D eigenvalue weighted by molar-refractivity contribution is 7.07. The number of fused-ring (bicyclic) bond motifs is 2. The van der Waals surface area contributed by atoms with Crippen LogP contribution in [0.25, 0.3) is 17.0 Å². The van der Waals surface area contributed by atoms with Gasteiger partial charge in [0.25, 0.3) is 5.56 Å². The number of carbonyl (C=O) groups is 1. The topological polar surface area (TPSA) is 79.7 Å². The Hall–Kier alpha value is -3.91. The maximum absolute atomic E-state index is 13.9. The van der Waals surface area contributed by atoms with Crippen molar-refractivity contribution in [2.75, 3.05) is 25.6 Å². The number of hydrogen-bond acceptors (Lipinski definition) is 6. The lowest BCUT2D eigenvalue weighted by Crippen LogP contribution is -2.40. The van der Waals surface area contributed by atoms with Crippen LogP contribution in [-0.2, 0) is 9.53 Å². The van der Waals surface area contributed by atoms with Gasteiger partial charge in [0.15, 0.2) is 4.80 Å². The van der Waals surface area contributed by atoms with E-state index in [9.17, 15) is 9.59 Å². The second kappa shape index (κ2) is 9.28. The summed E-state index contributed by atoms with van der Waals surface area (Å²) in [6.45, 7) is 5.81. The second-order valence-corrected chi connectivity index (χ2v) is 10.0. The molecule has 0 unspecified atom stereocenters. The normalized spacial score (nSPS) is 15.7. The molecule has 1 aliphatic heterocycles. The molecule has 0 amide bonds. The molecule has 3 heterocycles. The van der Waals surface area contributed by atoms with Gasteiger partial charge in [-0.05, 0) is 50.6 Å². The van der Waals surface area contributed by atoms with E-state index < -0.39 is 12.0 Å². The molecule has 0 fully saturated rings. The zero-order valence-electron chi connectivity index (χ0n) is 21.0. The minimum Gasteiger partial charge on any atom is -0.463 e. The molecule has 0 aliphatic carbocycles. The fourth-order valence-corrected chi connectivity index (χ4v) is 5.71. The molecule has 2 aromatic carbocycles. The third kappa shape index (κ3) is 3.97. The van der Waals surface area contributed by atoms with Crippen molar-refractivity contribution in [2.24, 2.45) is 4.99 Å². The lowest BCUT2D eigenvalue weighted by atomic mass is 9.95. The van der Waals surface area contributed by atoms with Crippen LogP contribution in [0.3, 0.4) is 0 Å². The molecule has 5 rings (SSSR count). The molecule has 8 heteroatoms. The number of aromatic amines is 1. The number of H-pyrrole nitrogens is 1. The second-order valence-electron chi connectivity index (χ2n) is 9.00. The molecule has 1 N–H and O–H groups in total. The number of ether oxygens (including phenoxy) is 1. The number of anilines is 1. The Morgan fingerprint density at radius 1 is 1.17 bits per heavy atom. The van der Waals surface area contributed by atoms with Gasteiger partial charge in [0, 0.05) is 41.9 Å². The molecule has 2 aromatic heterocycles. The largest absolute Gasteiger partial charge is 0.463 e. The number of para-hydroxylation sites is 1. The standard InChI is InChI=1S/C28H28N4O3S/c1-6-35-27(34)24-17(3)30-28-32(25(24)18-11-13-19(14-12-18)31(4)5)26(33)23(36-28)15-21-16(2)29-22-10-8-7-9-20(21)22/h7-15,25,29H,6H2,1-5H3/t25-/m1/s1. The van der Waals surface area contributed by atoms with Crippen LogP contribution in [0.5, 0.6) is 0 Å². The van der Waals surface area contributed by atoms with E-state index in [0.29, 0.717) is 20.6 Å². The number of nitrogens with one attached hydrogen (secondary N) is 1. The first-order valence-corrected chi connectivity index (χ1v) is 12.7. The molecule has 0 spiro atoms. The van der Waals surface area contributed by atoms with Gasteiger partial charge >= 0.3 is 5.97 Å². The summed E-state index contributed by atoms with van der Waals surface area (Å²) in [4.78, 5) is 37.6. The number of nitrogens with zero attached hydrogens (tertiary/aromatic N) is 3.